The van der Waals surface area contributed by atoms with Gasteiger partial charge in [0, 0.05) is 23.9 Å². The summed E-state index contributed by atoms with van der Waals surface area (Å²) in [5, 5.41) is 10.6. The van der Waals surface area contributed by atoms with Crippen LogP contribution in [-0.2, 0) is 4.74 Å². The highest BCUT2D eigenvalue weighted by molar-refractivity contribution is 5.72. The molecule has 1 aromatic carbocycles. The predicted molar refractivity (Wildman–Crippen MR) is 69.4 cm³/mol. The highest BCUT2D eigenvalue weighted by atomic mass is 16.7. The molecule has 20 heavy (non-hydrogen) atoms. The second-order valence-corrected chi connectivity index (χ2v) is 3.71. The molecule has 0 aliphatic rings. The fourth-order valence-electron chi connectivity index (χ4n) is 1.56. The number of nitro groups is 1. The molecule has 0 spiro atoms. The zero-order chi connectivity index (χ0) is 14.5. The van der Waals surface area contributed by atoms with Crippen LogP contribution in [0.4, 0.5) is 10.5 Å². The van der Waals surface area contributed by atoms with Crippen molar-refractivity contribution >= 4 is 11.8 Å². The third kappa shape index (κ3) is 2.89. The molecule has 0 N–H and O–H groups in total. The Morgan fingerprint density at radius 3 is 2.55 bits per heavy atom. The first-order valence-electron chi connectivity index (χ1n) is 5.57. The second-order valence-electron chi connectivity index (χ2n) is 3.71. The molecule has 0 fully saturated rings. The maximum Gasteiger partial charge on any atom is 0.513 e. The minimum Gasteiger partial charge on any atom is -0.437 e. The van der Waals surface area contributed by atoms with Crippen LogP contribution in [-0.4, -0.2) is 23.2 Å². The van der Waals surface area contributed by atoms with E-state index in [1.165, 1.54) is 37.6 Å². The lowest BCUT2D eigenvalue weighted by Gasteiger charge is -2.07. The van der Waals surface area contributed by atoms with Crippen molar-refractivity contribution in [2.75, 3.05) is 7.11 Å². The number of ether oxygens (including phenoxy) is 2. The van der Waals surface area contributed by atoms with Crippen LogP contribution in [0.2, 0.25) is 0 Å². The third-order valence-corrected chi connectivity index (χ3v) is 2.48. The molecule has 1 heterocycles. The molecule has 0 aliphatic carbocycles. The minimum atomic E-state index is -0.860. The number of hydrogen-bond donors (Lipinski definition) is 0. The molecule has 0 saturated heterocycles. The van der Waals surface area contributed by atoms with Crippen molar-refractivity contribution in [2.24, 2.45) is 0 Å². The second kappa shape index (κ2) is 5.79. The van der Waals surface area contributed by atoms with Gasteiger partial charge in [-0.15, -0.1) is 0 Å². The molecule has 0 atom stereocenters. The Hall–Kier alpha value is -2.96. The largest absolute Gasteiger partial charge is 0.513 e. The minimum absolute atomic E-state index is 0.0277. The van der Waals surface area contributed by atoms with Crippen LogP contribution >= 0.6 is 0 Å². The maximum absolute atomic E-state index is 11.1. The van der Waals surface area contributed by atoms with Crippen LogP contribution in [0.5, 0.6) is 5.75 Å². The molecule has 1 aromatic heterocycles. The Bertz CT molecular complexity index is 639. The smallest absolute Gasteiger partial charge is 0.437 e. The van der Waals surface area contributed by atoms with Gasteiger partial charge in [0.2, 0.25) is 0 Å². The molecule has 0 amide bonds. The summed E-state index contributed by atoms with van der Waals surface area (Å²) in [4.78, 5) is 25.4. The maximum atomic E-state index is 11.1. The SMILES string of the molecule is COC(=O)Oc1cccnc1-c1ccc([N+](=O)[O-])cc1. The highest BCUT2D eigenvalue weighted by Gasteiger charge is 2.13. The lowest BCUT2D eigenvalue weighted by molar-refractivity contribution is -0.384. The summed E-state index contributed by atoms with van der Waals surface area (Å²) in [6.07, 6.45) is 0.669. The molecular formula is C13H10N2O5. The summed E-state index contributed by atoms with van der Waals surface area (Å²) in [6.45, 7) is 0. The number of nitrogens with zero attached hydrogens (tertiary/aromatic N) is 2. The number of carbonyl (C=O) groups is 1. The van der Waals surface area contributed by atoms with Gasteiger partial charge in [0.1, 0.15) is 5.69 Å². The molecule has 0 unspecified atom stereocenters. The summed E-state index contributed by atoms with van der Waals surface area (Å²) in [7, 11) is 1.20. The van der Waals surface area contributed by atoms with E-state index in [1.807, 2.05) is 0 Å². The number of non-ortho nitro benzene ring substituents is 1. The van der Waals surface area contributed by atoms with Crippen molar-refractivity contribution in [3.05, 3.63) is 52.7 Å². The molecule has 0 bridgehead atoms. The number of methoxy groups -OCH3 is 1. The standard InChI is InChI=1S/C13H10N2O5/c1-19-13(16)20-11-3-2-8-14-12(11)9-4-6-10(7-5-9)15(17)18/h2-8H,1H3. The van der Waals surface area contributed by atoms with E-state index in [-0.39, 0.29) is 11.4 Å². The Morgan fingerprint density at radius 1 is 1.25 bits per heavy atom. The summed E-state index contributed by atoms with van der Waals surface area (Å²) in [5.41, 5.74) is 0.961. The Morgan fingerprint density at radius 2 is 1.95 bits per heavy atom. The average molecular weight is 274 g/mol. The van der Waals surface area contributed by atoms with E-state index in [0.717, 1.165) is 0 Å². The van der Waals surface area contributed by atoms with E-state index < -0.39 is 11.1 Å². The van der Waals surface area contributed by atoms with Crippen molar-refractivity contribution in [1.82, 2.24) is 4.98 Å². The predicted octanol–water partition coefficient (Wildman–Crippen LogP) is 2.80. The lowest BCUT2D eigenvalue weighted by atomic mass is 10.1. The zero-order valence-corrected chi connectivity index (χ0v) is 10.5. The van der Waals surface area contributed by atoms with Gasteiger partial charge in [-0.3, -0.25) is 15.1 Å². The van der Waals surface area contributed by atoms with E-state index in [2.05, 4.69) is 9.72 Å². The Balaban J connectivity index is 2.37. The summed E-state index contributed by atoms with van der Waals surface area (Å²) < 4.78 is 9.39. The third-order valence-electron chi connectivity index (χ3n) is 2.48. The number of aromatic nitrogens is 1. The average Bonchev–Trinajstić information content (AvgIpc) is 2.48. The lowest BCUT2D eigenvalue weighted by Crippen LogP contribution is -2.08. The van der Waals surface area contributed by atoms with E-state index in [4.69, 9.17) is 4.74 Å². The molecule has 0 saturated carbocycles. The quantitative estimate of drug-likeness (QED) is 0.485. The van der Waals surface area contributed by atoms with Crippen molar-refractivity contribution in [3.63, 3.8) is 0 Å². The first-order chi connectivity index (χ1) is 9.61. The molecule has 0 radical (unpaired) electrons. The van der Waals surface area contributed by atoms with Crippen molar-refractivity contribution in [2.45, 2.75) is 0 Å². The van der Waals surface area contributed by atoms with Gasteiger partial charge in [0.05, 0.1) is 12.0 Å². The summed E-state index contributed by atoms with van der Waals surface area (Å²) >= 11 is 0. The molecule has 2 aromatic rings. The van der Waals surface area contributed by atoms with Crippen LogP contribution in [0.1, 0.15) is 0 Å². The van der Waals surface area contributed by atoms with Crippen molar-refractivity contribution in [1.29, 1.82) is 0 Å². The number of carbonyl (C=O) groups excluding carboxylic acids is 1. The van der Waals surface area contributed by atoms with Gasteiger partial charge in [-0.2, -0.15) is 0 Å². The van der Waals surface area contributed by atoms with Crippen LogP contribution < -0.4 is 4.74 Å². The monoisotopic (exact) mass is 274 g/mol. The summed E-state index contributed by atoms with van der Waals surface area (Å²) in [5.74, 6) is 0.216. The number of pyridine rings is 1. The number of nitro benzene ring substituents is 1. The molecule has 2 rings (SSSR count). The zero-order valence-electron chi connectivity index (χ0n) is 10.5. The van der Waals surface area contributed by atoms with Gasteiger partial charge in [-0.1, -0.05) is 0 Å². The normalized spacial score (nSPS) is 9.85. The van der Waals surface area contributed by atoms with Crippen LogP contribution in [0.15, 0.2) is 42.6 Å². The number of rotatable bonds is 3. The Labute approximate surface area is 113 Å². The molecule has 7 heteroatoms. The fourth-order valence-corrected chi connectivity index (χ4v) is 1.56. The fraction of sp³-hybridized carbons (Fsp3) is 0.0769. The van der Waals surface area contributed by atoms with Gasteiger partial charge in [0.15, 0.2) is 5.75 Å². The highest BCUT2D eigenvalue weighted by Crippen LogP contribution is 2.28. The van der Waals surface area contributed by atoms with Crippen molar-refractivity contribution in [3.8, 4) is 17.0 Å². The van der Waals surface area contributed by atoms with Gasteiger partial charge < -0.3 is 9.47 Å². The van der Waals surface area contributed by atoms with Crippen molar-refractivity contribution < 1.29 is 19.2 Å². The van der Waals surface area contributed by atoms with Gasteiger partial charge in [-0.05, 0) is 24.3 Å². The Kier molecular flexibility index (Phi) is 3.90. The van der Waals surface area contributed by atoms with Gasteiger partial charge >= 0.3 is 6.16 Å². The van der Waals surface area contributed by atoms with E-state index in [9.17, 15) is 14.9 Å². The van der Waals surface area contributed by atoms with E-state index >= 15 is 0 Å². The van der Waals surface area contributed by atoms with E-state index in [0.29, 0.717) is 11.3 Å². The van der Waals surface area contributed by atoms with Crippen LogP contribution in [0, 0.1) is 10.1 Å². The first-order valence-corrected chi connectivity index (χ1v) is 5.57. The topological polar surface area (TPSA) is 91.6 Å². The molecular weight excluding hydrogens is 264 g/mol. The number of benzene rings is 1. The van der Waals surface area contributed by atoms with Gasteiger partial charge in [-0.25, -0.2) is 4.79 Å². The number of hydrogen-bond acceptors (Lipinski definition) is 6. The van der Waals surface area contributed by atoms with E-state index in [1.54, 1.807) is 12.1 Å². The van der Waals surface area contributed by atoms with Gasteiger partial charge in [0.25, 0.3) is 5.69 Å². The first kappa shape index (κ1) is 13.5. The molecule has 7 nitrogen and oxygen atoms in total. The van der Waals surface area contributed by atoms with Crippen LogP contribution in [0.3, 0.4) is 0 Å². The molecule has 0 aliphatic heterocycles. The molecule has 102 valence electrons. The summed E-state index contributed by atoms with van der Waals surface area (Å²) in [6, 6.07) is 8.93. The van der Waals surface area contributed by atoms with Crippen LogP contribution in [0.25, 0.3) is 11.3 Å².